The predicted molar refractivity (Wildman–Crippen MR) is 67.0 cm³/mol. The molecule has 0 aliphatic carbocycles. The third-order valence-corrected chi connectivity index (χ3v) is 3.46. The average Bonchev–Trinajstić information content (AvgIpc) is 2.39. The van der Waals surface area contributed by atoms with Crippen molar-refractivity contribution in [3.05, 3.63) is 36.3 Å². The Morgan fingerprint density at radius 1 is 1.29 bits per heavy atom. The lowest BCUT2D eigenvalue weighted by molar-refractivity contribution is 0.151. The van der Waals surface area contributed by atoms with Crippen LogP contribution in [0, 0.1) is 0 Å². The summed E-state index contributed by atoms with van der Waals surface area (Å²) in [5, 5.41) is 3.04. The molecule has 2 heterocycles. The van der Waals surface area contributed by atoms with E-state index in [0.717, 1.165) is 23.9 Å². The van der Waals surface area contributed by atoms with Gasteiger partial charge in [0.1, 0.15) is 6.33 Å². The average molecular weight is 228 g/mol. The van der Waals surface area contributed by atoms with Gasteiger partial charge < -0.3 is 0 Å². The van der Waals surface area contributed by atoms with Gasteiger partial charge in [0.15, 0.2) is 0 Å². The number of rotatable bonds is 1. The summed E-state index contributed by atoms with van der Waals surface area (Å²) in [6.07, 6.45) is 7.02. The minimum Gasteiger partial charge on any atom is -0.268 e. The number of hydrogen-bond donors (Lipinski definition) is 1. The van der Waals surface area contributed by atoms with Crippen LogP contribution >= 0.6 is 0 Å². The van der Waals surface area contributed by atoms with Crippen molar-refractivity contribution >= 4 is 10.9 Å². The number of piperidine rings is 1. The smallest absolute Gasteiger partial charge is 0.116 e. The molecule has 1 aliphatic heterocycles. The Balaban J connectivity index is 1.99. The molecule has 1 aliphatic rings. The van der Waals surface area contributed by atoms with E-state index in [-0.39, 0.29) is 0 Å². The summed E-state index contributed by atoms with van der Waals surface area (Å²) < 4.78 is 0. The maximum atomic E-state index is 6.06. The number of aromatic nitrogens is 2. The molecule has 88 valence electrons. The number of hydrogen-bond acceptors (Lipinski definition) is 4. The fourth-order valence-corrected chi connectivity index (χ4v) is 2.52. The Morgan fingerprint density at radius 2 is 2.24 bits per heavy atom. The van der Waals surface area contributed by atoms with Crippen molar-refractivity contribution in [1.29, 1.82) is 0 Å². The van der Waals surface area contributed by atoms with E-state index in [0.29, 0.717) is 6.04 Å². The van der Waals surface area contributed by atoms with Crippen LogP contribution in [0.3, 0.4) is 0 Å². The van der Waals surface area contributed by atoms with Crippen molar-refractivity contribution in [3.63, 3.8) is 0 Å². The highest BCUT2D eigenvalue weighted by Gasteiger charge is 2.21. The number of nitrogens with two attached hydrogens (primary N) is 1. The van der Waals surface area contributed by atoms with Crippen LogP contribution in [0.5, 0.6) is 0 Å². The van der Waals surface area contributed by atoms with Gasteiger partial charge in [-0.05, 0) is 30.5 Å². The van der Waals surface area contributed by atoms with Crippen molar-refractivity contribution < 1.29 is 0 Å². The van der Waals surface area contributed by atoms with Gasteiger partial charge in [-0.25, -0.2) is 15.0 Å². The second-order valence-electron chi connectivity index (χ2n) is 4.59. The second kappa shape index (κ2) is 4.39. The van der Waals surface area contributed by atoms with Gasteiger partial charge in [-0.3, -0.25) is 5.84 Å². The molecule has 3 rings (SSSR count). The fourth-order valence-electron chi connectivity index (χ4n) is 2.52. The third-order valence-electron chi connectivity index (χ3n) is 3.46. The first-order valence-corrected chi connectivity index (χ1v) is 6.05. The Labute approximate surface area is 100 Å². The first kappa shape index (κ1) is 10.6. The zero-order chi connectivity index (χ0) is 11.7. The van der Waals surface area contributed by atoms with Crippen molar-refractivity contribution in [3.8, 4) is 0 Å². The fraction of sp³-hybridized carbons (Fsp3) is 0.385. The number of nitrogens with zero attached hydrogens (tertiary/aromatic N) is 3. The van der Waals surface area contributed by atoms with Crippen molar-refractivity contribution in [2.24, 2.45) is 5.84 Å². The second-order valence-corrected chi connectivity index (χ2v) is 4.59. The predicted octanol–water partition coefficient (Wildman–Crippen LogP) is 2.03. The van der Waals surface area contributed by atoms with Crippen molar-refractivity contribution in [2.75, 3.05) is 6.54 Å². The zero-order valence-electron chi connectivity index (χ0n) is 9.71. The first-order valence-electron chi connectivity index (χ1n) is 6.05. The van der Waals surface area contributed by atoms with Crippen LogP contribution < -0.4 is 5.84 Å². The lowest BCUT2D eigenvalue weighted by Crippen LogP contribution is -2.38. The Bertz CT molecular complexity index is 526. The van der Waals surface area contributed by atoms with Crippen LogP contribution in [-0.4, -0.2) is 21.5 Å². The normalized spacial score (nSPS) is 21.8. The van der Waals surface area contributed by atoms with E-state index >= 15 is 0 Å². The molecule has 4 nitrogen and oxygen atoms in total. The van der Waals surface area contributed by atoms with E-state index in [1.165, 1.54) is 18.4 Å². The van der Waals surface area contributed by atoms with Crippen LogP contribution in [0.15, 0.2) is 30.7 Å². The minimum atomic E-state index is 0.341. The summed E-state index contributed by atoms with van der Waals surface area (Å²) in [7, 11) is 0. The molecule has 1 atom stereocenters. The molecule has 1 aromatic heterocycles. The topological polar surface area (TPSA) is 55.0 Å². The van der Waals surface area contributed by atoms with Gasteiger partial charge in [0.2, 0.25) is 0 Å². The minimum absolute atomic E-state index is 0.341. The van der Waals surface area contributed by atoms with Gasteiger partial charge in [0.25, 0.3) is 0 Å². The van der Waals surface area contributed by atoms with Crippen LogP contribution in [0.1, 0.15) is 30.9 Å². The van der Waals surface area contributed by atoms with Crippen molar-refractivity contribution in [2.45, 2.75) is 25.3 Å². The molecule has 0 radical (unpaired) electrons. The van der Waals surface area contributed by atoms with Gasteiger partial charge in [-0.1, -0.05) is 12.5 Å². The lowest BCUT2D eigenvalue weighted by atomic mass is 9.96. The lowest BCUT2D eigenvalue weighted by Gasteiger charge is -2.32. The monoisotopic (exact) mass is 228 g/mol. The Morgan fingerprint density at radius 3 is 3.12 bits per heavy atom. The molecular weight excluding hydrogens is 212 g/mol. The van der Waals surface area contributed by atoms with Gasteiger partial charge in [0.05, 0.1) is 5.52 Å². The van der Waals surface area contributed by atoms with E-state index in [1.807, 2.05) is 11.2 Å². The molecule has 0 bridgehead atoms. The summed E-state index contributed by atoms with van der Waals surface area (Å²) >= 11 is 0. The van der Waals surface area contributed by atoms with Crippen molar-refractivity contribution in [1.82, 2.24) is 15.0 Å². The van der Waals surface area contributed by atoms with Crippen LogP contribution in [0.2, 0.25) is 0 Å². The SMILES string of the molecule is NN1CCCCC1c1ccc2ncncc2c1. The summed E-state index contributed by atoms with van der Waals surface area (Å²) in [5.41, 5.74) is 2.26. The maximum Gasteiger partial charge on any atom is 0.116 e. The summed E-state index contributed by atoms with van der Waals surface area (Å²) in [6, 6.07) is 6.68. The first-order chi connectivity index (χ1) is 8.34. The number of fused-ring (bicyclic) bond motifs is 1. The highest BCUT2D eigenvalue weighted by Crippen LogP contribution is 2.29. The standard InChI is InChI=1S/C13H16N4/c14-17-6-2-1-3-13(17)10-4-5-12-11(7-10)8-15-9-16-12/h4-5,7-9,13H,1-3,6,14H2. The quantitative estimate of drug-likeness (QED) is 0.759. The highest BCUT2D eigenvalue weighted by atomic mass is 15.4. The van der Waals surface area contributed by atoms with Gasteiger partial charge >= 0.3 is 0 Å². The number of hydrazine groups is 1. The molecule has 0 spiro atoms. The van der Waals surface area contributed by atoms with E-state index in [1.54, 1.807) is 6.33 Å². The van der Waals surface area contributed by atoms with E-state index in [9.17, 15) is 0 Å². The number of benzene rings is 1. The summed E-state index contributed by atoms with van der Waals surface area (Å²) in [4.78, 5) is 8.29. The van der Waals surface area contributed by atoms with Crippen LogP contribution in [0.4, 0.5) is 0 Å². The van der Waals surface area contributed by atoms with E-state index in [4.69, 9.17) is 5.84 Å². The van der Waals surface area contributed by atoms with Crippen LogP contribution in [0.25, 0.3) is 10.9 Å². The molecule has 0 saturated carbocycles. The molecule has 1 fully saturated rings. The summed E-state index contributed by atoms with van der Waals surface area (Å²) in [5.74, 6) is 6.06. The zero-order valence-corrected chi connectivity index (χ0v) is 9.71. The molecular formula is C13H16N4. The maximum absolute atomic E-state index is 6.06. The van der Waals surface area contributed by atoms with E-state index in [2.05, 4.69) is 28.2 Å². The molecule has 0 amide bonds. The molecule has 2 aromatic rings. The largest absolute Gasteiger partial charge is 0.268 e. The van der Waals surface area contributed by atoms with Gasteiger partial charge in [-0.15, -0.1) is 0 Å². The van der Waals surface area contributed by atoms with Gasteiger partial charge in [-0.2, -0.15) is 0 Å². The Hall–Kier alpha value is -1.52. The molecule has 1 saturated heterocycles. The third kappa shape index (κ3) is 2.01. The van der Waals surface area contributed by atoms with Crippen LogP contribution in [-0.2, 0) is 0 Å². The molecule has 1 unspecified atom stereocenters. The van der Waals surface area contributed by atoms with E-state index < -0.39 is 0 Å². The molecule has 17 heavy (non-hydrogen) atoms. The molecule has 2 N–H and O–H groups in total. The Kier molecular flexibility index (Phi) is 2.74. The van der Waals surface area contributed by atoms with Gasteiger partial charge in [0, 0.05) is 24.2 Å². The summed E-state index contributed by atoms with van der Waals surface area (Å²) in [6.45, 7) is 0.980. The molecule has 4 heteroatoms. The molecule has 1 aromatic carbocycles. The highest BCUT2D eigenvalue weighted by molar-refractivity contribution is 5.78.